The molecule has 4 nitrogen and oxygen atoms in total. The monoisotopic (exact) mass is 238 g/mol. The number of hydrogen-bond acceptors (Lipinski definition) is 3. The van der Waals surface area contributed by atoms with E-state index >= 15 is 0 Å². The smallest absolute Gasteiger partial charge is 0.327 e. The summed E-state index contributed by atoms with van der Waals surface area (Å²) in [5.74, 6) is -0.358. The Labute approximate surface area is 103 Å². The van der Waals surface area contributed by atoms with Gasteiger partial charge in [0.1, 0.15) is 6.04 Å². The van der Waals surface area contributed by atoms with E-state index in [0.29, 0.717) is 12.3 Å². The third kappa shape index (κ3) is 2.91. The Hall–Kier alpha value is -1.24. The quantitative estimate of drug-likeness (QED) is 0.764. The van der Waals surface area contributed by atoms with E-state index < -0.39 is 12.0 Å². The molecule has 1 aliphatic rings. The van der Waals surface area contributed by atoms with Gasteiger partial charge in [0, 0.05) is 6.04 Å². The van der Waals surface area contributed by atoms with Crippen LogP contribution in [0.25, 0.3) is 0 Å². The van der Waals surface area contributed by atoms with Crippen LogP contribution >= 0.6 is 0 Å². The molecule has 0 bridgehead atoms. The van der Waals surface area contributed by atoms with Crippen LogP contribution < -0.4 is 0 Å². The second-order valence-electron chi connectivity index (χ2n) is 5.94. The number of aliphatic carboxylic acids is 1. The van der Waals surface area contributed by atoms with Crippen LogP contribution in [0, 0.1) is 22.8 Å². The highest BCUT2D eigenvalue weighted by Crippen LogP contribution is 2.37. The van der Waals surface area contributed by atoms with E-state index in [1.165, 1.54) is 4.90 Å². The highest BCUT2D eigenvalue weighted by Gasteiger charge is 2.40. The Balaban J connectivity index is 2.75. The van der Waals surface area contributed by atoms with E-state index in [-0.39, 0.29) is 11.5 Å². The number of nitriles is 1. The molecular formula is C13H22N2O2. The van der Waals surface area contributed by atoms with Crippen molar-refractivity contribution >= 4 is 5.97 Å². The zero-order valence-electron chi connectivity index (χ0n) is 11.1. The average Bonchev–Trinajstić information content (AvgIpc) is 2.59. The van der Waals surface area contributed by atoms with Crippen LogP contribution in [0.15, 0.2) is 0 Å². The van der Waals surface area contributed by atoms with Crippen molar-refractivity contribution in [2.24, 2.45) is 11.3 Å². The van der Waals surface area contributed by atoms with E-state index in [1.54, 1.807) is 0 Å². The van der Waals surface area contributed by atoms with Gasteiger partial charge in [-0.15, -0.1) is 0 Å². The highest BCUT2D eigenvalue weighted by atomic mass is 16.4. The molecule has 0 spiro atoms. The molecule has 96 valence electrons. The molecule has 2 atom stereocenters. The van der Waals surface area contributed by atoms with E-state index in [4.69, 9.17) is 10.4 Å². The molecular weight excluding hydrogens is 216 g/mol. The molecule has 0 aromatic rings. The third-order valence-corrected chi connectivity index (χ3v) is 4.23. The fourth-order valence-electron chi connectivity index (χ4n) is 2.32. The van der Waals surface area contributed by atoms with E-state index in [2.05, 4.69) is 33.9 Å². The average molecular weight is 238 g/mol. The second kappa shape index (κ2) is 4.95. The van der Waals surface area contributed by atoms with Crippen LogP contribution in [0.5, 0.6) is 0 Å². The second-order valence-corrected chi connectivity index (χ2v) is 5.94. The van der Waals surface area contributed by atoms with Crippen molar-refractivity contribution in [3.63, 3.8) is 0 Å². The zero-order valence-corrected chi connectivity index (χ0v) is 11.1. The third-order valence-electron chi connectivity index (χ3n) is 4.23. The van der Waals surface area contributed by atoms with Crippen LogP contribution in [0.1, 0.15) is 47.0 Å². The largest absolute Gasteiger partial charge is 0.480 e. The Morgan fingerprint density at radius 3 is 2.53 bits per heavy atom. The molecule has 1 heterocycles. The summed E-state index contributed by atoms with van der Waals surface area (Å²) in [4.78, 5) is 12.5. The number of carboxylic acid groups (broad SMARTS) is 1. The summed E-state index contributed by atoms with van der Waals surface area (Å²) >= 11 is 0. The molecule has 0 amide bonds. The lowest BCUT2D eigenvalue weighted by Gasteiger charge is -2.34. The Morgan fingerprint density at radius 1 is 1.53 bits per heavy atom. The summed E-state index contributed by atoms with van der Waals surface area (Å²) < 4.78 is 0. The first-order chi connectivity index (χ1) is 7.79. The number of rotatable bonds is 4. The van der Waals surface area contributed by atoms with Crippen LogP contribution in [-0.4, -0.2) is 28.1 Å². The van der Waals surface area contributed by atoms with Crippen molar-refractivity contribution < 1.29 is 9.90 Å². The predicted octanol–water partition coefficient (Wildman–Crippen LogP) is 2.46. The number of hydrogen-bond donors (Lipinski definition) is 1. The van der Waals surface area contributed by atoms with Gasteiger partial charge in [0.15, 0.2) is 6.19 Å². The van der Waals surface area contributed by atoms with Crippen molar-refractivity contribution in [1.29, 1.82) is 5.26 Å². The van der Waals surface area contributed by atoms with Crippen molar-refractivity contribution in [1.82, 2.24) is 4.90 Å². The zero-order chi connectivity index (χ0) is 13.2. The Bertz CT molecular complexity index is 331. The van der Waals surface area contributed by atoms with Gasteiger partial charge in [-0.25, -0.2) is 4.79 Å². The topological polar surface area (TPSA) is 64.3 Å². The SMILES string of the molecule is CC(C)C(C)(C)CC1CCC(C(=O)O)N1C#N. The first-order valence-corrected chi connectivity index (χ1v) is 6.20. The lowest BCUT2D eigenvalue weighted by atomic mass is 9.76. The van der Waals surface area contributed by atoms with Gasteiger partial charge in [0.2, 0.25) is 0 Å². The lowest BCUT2D eigenvalue weighted by molar-refractivity contribution is -0.141. The van der Waals surface area contributed by atoms with Crippen LogP contribution in [-0.2, 0) is 4.79 Å². The predicted molar refractivity (Wildman–Crippen MR) is 65.1 cm³/mol. The lowest BCUT2D eigenvalue weighted by Crippen LogP contribution is -2.39. The molecule has 1 aliphatic heterocycles. The molecule has 2 unspecified atom stereocenters. The van der Waals surface area contributed by atoms with Gasteiger partial charge in [-0.05, 0) is 30.6 Å². The molecule has 0 aromatic carbocycles. The van der Waals surface area contributed by atoms with Gasteiger partial charge in [-0.1, -0.05) is 27.7 Å². The minimum Gasteiger partial charge on any atom is -0.480 e. The number of likely N-dealkylation sites (tertiary alicyclic amines) is 1. The van der Waals surface area contributed by atoms with Crippen LogP contribution in [0.2, 0.25) is 0 Å². The molecule has 1 fully saturated rings. The molecule has 0 aromatic heterocycles. The van der Waals surface area contributed by atoms with Gasteiger partial charge in [-0.2, -0.15) is 5.26 Å². The fourth-order valence-corrected chi connectivity index (χ4v) is 2.32. The molecule has 4 heteroatoms. The van der Waals surface area contributed by atoms with Crippen LogP contribution in [0.4, 0.5) is 0 Å². The maximum absolute atomic E-state index is 11.0. The Morgan fingerprint density at radius 2 is 2.12 bits per heavy atom. The first kappa shape index (κ1) is 13.8. The van der Waals surface area contributed by atoms with Gasteiger partial charge in [0.25, 0.3) is 0 Å². The van der Waals surface area contributed by atoms with Crippen molar-refractivity contribution in [3.05, 3.63) is 0 Å². The van der Waals surface area contributed by atoms with Gasteiger partial charge in [-0.3, -0.25) is 4.90 Å². The summed E-state index contributed by atoms with van der Waals surface area (Å²) in [6.07, 6.45) is 4.33. The van der Waals surface area contributed by atoms with E-state index in [0.717, 1.165) is 12.8 Å². The first-order valence-electron chi connectivity index (χ1n) is 6.20. The van der Waals surface area contributed by atoms with E-state index in [1.807, 2.05) is 0 Å². The fraction of sp³-hybridized carbons (Fsp3) is 0.846. The summed E-state index contributed by atoms with van der Waals surface area (Å²) in [7, 11) is 0. The van der Waals surface area contributed by atoms with Gasteiger partial charge < -0.3 is 5.11 Å². The van der Waals surface area contributed by atoms with Crippen molar-refractivity contribution in [3.8, 4) is 6.19 Å². The molecule has 0 saturated carbocycles. The minimum atomic E-state index is -0.878. The number of carboxylic acids is 1. The highest BCUT2D eigenvalue weighted by molar-refractivity contribution is 5.74. The van der Waals surface area contributed by atoms with Gasteiger partial charge in [0.05, 0.1) is 0 Å². The molecule has 1 saturated heterocycles. The van der Waals surface area contributed by atoms with E-state index in [9.17, 15) is 4.79 Å². The summed E-state index contributed by atoms with van der Waals surface area (Å²) in [6, 6.07) is -0.536. The van der Waals surface area contributed by atoms with Gasteiger partial charge >= 0.3 is 5.97 Å². The Kier molecular flexibility index (Phi) is 4.03. The van der Waals surface area contributed by atoms with Crippen molar-refractivity contribution in [2.75, 3.05) is 0 Å². The summed E-state index contributed by atoms with van der Waals surface area (Å²) in [6.45, 7) is 8.70. The molecule has 1 rings (SSSR count). The summed E-state index contributed by atoms with van der Waals surface area (Å²) in [5.41, 5.74) is 0.132. The minimum absolute atomic E-state index is 0.0819. The normalized spacial score (nSPS) is 25.1. The maximum Gasteiger partial charge on any atom is 0.327 e. The molecule has 0 aliphatic carbocycles. The molecule has 1 N–H and O–H groups in total. The maximum atomic E-state index is 11.0. The van der Waals surface area contributed by atoms with Crippen molar-refractivity contribution in [2.45, 2.75) is 59.0 Å². The number of nitrogens with zero attached hydrogens (tertiary/aromatic N) is 2. The molecule has 17 heavy (non-hydrogen) atoms. The molecule has 0 radical (unpaired) electrons. The summed E-state index contributed by atoms with van der Waals surface area (Å²) in [5, 5.41) is 18.2. The number of carbonyl (C=O) groups is 1. The van der Waals surface area contributed by atoms with Crippen LogP contribution in [0.3, 0.4) is 0 Å². The standard InChI is InChI=1S/C13H22N2O2/c1-9(2)13(3,4)7-10-5-6-11(12(16)17)15(10)8-14/h9-11H,5-7H2,1-4H3,(H,16,17).